The van der Waals surface area contributed by atoms with Crippen LogP contribution >= 0.6 is 0 Å². The van der Waals surface area contributed by atoms with Gasteiger partial charge in [-0.05, 0) is 38.3 Å². The van der Waals surface area contributed by atoms with Crippen LogP contribution in [-0.4, -0.2) is 25.2 Å². The van der Waals surface area contributed by atoms with Gasteiger partial charge in [0.2, 0.25) is 0 Å². The van der Waals surface area contributed by atoms with Crippen molar-refractivity contribution in [2.45, 2.75) is 43.8 Å². The van der Waals surface area contributed by atoms with Crippen LogP contribution in [-0.2, 0) is 14.9 Å². The van der Waals surface area contributed by atoms with Gasteiger partial charge in [-0.25, -0.2) is 0 Å². The van der Waals surface area contributed by atoms with Gasteiger partial charge in [-0.15, -0.1) is 0 Å². The molecule has 0 spiro atoms. The fraction of sp³-hybridized carbons (Fsp3) is 0.333. The first-order valence-electron chi connectivity index (χ1n) is 7.60. The molecule has 1 aliphatic heterocycles. The van der Waals surface area contributed by atoms with Crippen molar-refractivity contribution < 1.29 is 17.7 Å². The third-order valence-electron chi connectivity index (χ3n) is 3.61. The molecular weight excluding hydrogens is 312 g/mol. The summed E-state index contributed by atoms with van der Waals surface area (Å²) in [4.78, 5) is -0.0776. The van der Waals surface area contributed by atoms with Gasteiger partial charge >= 0.3 is 0 Å². The predicted molar refractivity (Wildman–Crippen MR) is 91.9 cm³/mol. The summed E-state index contributed by atoms with van der Waals surface area (Å²) in [6.07, 6.45) is 14.0. The summed E-state index contributed by atoms with van der Waals surface area (Å²) >= 11 is 0. The molecule has 2 unspecified atom stereocenters. The van der Waals surface area contributed by atoms with E-state index in [4.69, 9.17) is 4.74 Å². The summed E-state index contributed by atoms with van der Waals surface area (Å²) in [6, 6.07) is 4.80. The molecule has 1 N–H and O–H groups in total. The number of rotatable bonds is 7. The SMILES string of the molecule is Cc1ccc(S(=O)(=O)O)c(/C=C/C=C/C/C=C/CC2OC2C)c1. The second-order valence-electron chi connectivity index (χ2n) is 5.63. The van der Waals surface area contributed by atoms with Crippen molar-refractivity contribution in [1.82, 2.24) is 0 Å². The first kappa shape index (κ1) is 17.7. The molecule has 1 aliphatic rings. The summed E-state index contributed by atoms with van der Waals surface area (Å²) < 4.78 is 37.2. The van der Waals surface area contributed by atoms with Gasteiger partial charge in [0, 0.05) is 0 Å². The zero-order valence-corrected chi connectivity index (χ0v) is 14.2. The van der Waals surface area contributed by atoms with Gasteiger partial charge in [0.25, 0.3) is 10.1 Å². The minimum absolute atomic E-state index is 0.0776. The molecule has 1 aromatic rings. The number of allylic oxidation sites excluding steroid dienone is 4. The fourth-order valence-corrected chi connectivity index (χ4v) is 2.90. The second kappa shape index (κ2) is 7.73. The molecule has 23 heavy (non-hydrogen) atoms. The highest BCUT2D eigenvalue weighted by Gasteiger charge is 2.32. The van der Waals surface area contributed by atoms with Gasteiger partial charge in [0.1, 0.15) is 4.90 Å². The number of benzene rings is 1. The van der Waals surface area contributed by atoms with E-state index in [1.54, 1.807) is 24.3 Å². The minimum atomic E-state index is -4.21. The van der Waals surface area contributed by atoms with Crippen LogP contribution in [0.15, 0.2) is 53.5 Å². The van der Waals surface area contributed by atoms with Gasteiger partial charge in [-0.1, -0.05) is 54.2 Å². The van der Waals surface area contributed by atoms with Crippen LogP contribution in [0.1, 0.15) is 30.9 Å². The summed E-state index contributed by atoms with van der Waals surface area (Å²) in [5, 5.41) is 0. The maximum atomic E-state index is 11.3. The van der Waals surface area contributed by atoms with Gasteiger partial charge in [0.05, 0.1) is 12.2 Å². The van der Waals surface area contributed by atoms with E-state index in [1.165, 1.54) is 6.07 Å². The van der Waals surface area contributed by atoms with Crippen molar-refractivity contribution in [3.63, 3.8) is 0 Å². The standard InChI is InChI=1S/C18H22O4S/c1-14-11-12-18(23(19,20)21)16(13-14)9-7-5-3-4-6-8-10-17-15(2)22-17/h3,5-9,11-13,15,17H,4,10H2,1-2H3,(H,19,20,21)/b5-3+,8-6+,9-7+. The lowest BCUT2D eigenvalue weighted by atomic mass is 10.1. The zero-order chi connectivity index (χ0) is 16.9. The lowest BCUT2D eigenvalue weighted by Gasteiger charge is -2.03. The van der Waals surface area contributed by atoms with Crippen molar-refractivity contribution in [3.05, 3.63) is 59.7 Å². The maximum absolute atomic E-state index is 11.3. The minimum Gasteiger partial charge on any atom is -0.370 e. The Labute approximate surface area is 137 Å². The van der Waals surface area contributed by atoms with E-state index < -0.39 is 10.1 Å². The Kier molecular flexibility index (Phi) is 5.93. The van der Waals surface area contributed by atoms with Crippen molar-refractivity contribution in [1.29, 1.82) is 0 Å². The van der Waals surface area contributed by atoms with Crippen LogP contribution in [0, 0.1) is 6.92 Å². The molecule has 0 radical (unpaired) electrons. The average molecular weight is 334 g/mol. The predicted octanol–water partition coefficient (Wildman–Crippen LogP) is 3.93. The highest BCUT2D eigenvalue weighted by molar-refractivity contribution is 7.85. The van der Waals surface area contributed by atoms with E-state index >= 15 is 0 Å². The number of hydrogen-bond donors (Lipinski definition) is 1. The molecule has 1 fully saturated rings. The molecule has 5 heteroatoms. The fourth-order valence-electron chi connectivity index (χ4n) is 2.23. The van der Waals surface area contributed by atoms with Gasteiger partial charge in [0.15, 0.2) is 0 Å². The molecule has 124 valence electrons. The molecule has 0 bridgehead atoms. The van der Waals surface area contributed by atoms with Crippen LogP contribution in [0.3, 0.4) is 0 Å². The van der Waals surface area contributed by atoms with E-state index in [9.17, 15) is 13.0 Å². The number of hydrogen-bond acceptors (Lipinski definition) is 3. The third-order valence-corrected chi connectivity index (χ3v) is 4.54. The summed E-state index contributed by atoms with van der Waals surface area (Å²) in [7, 11) is -4.21. The highest BCUT2D eigenvalue weighted by Crippen LogP contribution is 2.24. The summed E-state index contributed by atoms with van der Waals surface area (Å²) in [6.45, 7) is 3.94. The molecule has 4 nitrogen and oxygen atoms in total. The highest BCUT2D eigenvalue weighted by atomic mass is 32.2. The Bertz CT molecular complexity index is 729. The molecule has 0 amide bonds. The van der Waals surface area contributed by atoms with Crippen LogP contribution in [0.25, 0.3) is 6.08 Å². The van der Waals surface area contributed by atoms with Crippen molar-refractivity contribution in [2.24, 2.45) is 0 Å². The van der Waals surface area contributed by atoms with Crippen LogP contribution < -0.4 is 0 Å². The Balaban J connectivity index is 1.90. The second-order valence-corrected chi connectivity index (χ2v) is 7.02. The van der Waals surface area contributed by atoms with Crippen LogP contribution in [0.4, 0.5) is 0 Å². The zero-order valence-electron chi connectivity index (χ0n) is 13.3. The number of epoxide rings is 1. The molecular formula is C18H22O4S. The van der Waals surface area contributed by atoms with Crippen molar-refractivity contribution in [3.8, 4) is 0 Å². The largest absolute Gasteiger partial charge is 0.370 e. The Morgan fingerprint density at radius 1 is 1.22 bits per heavy atom. The Hall–Kier alpha value is -1.69. The van der Waals surface area contributed by atoms with E-state index in [0.29, 0.717) is 17.8 Å². The molecule has 0 aliphatic carbocycles. The first-order valence-corrected chi connectivity index (χ1v) is 9.04. The molecule has 1 heterocycles. The van der Waals surface area contributed by atoms with Crippen molar-refractivity contribution >= 4 is 16.2 Å². The Morgan fingerprint density at radius 2 is 1.96 bits per heavy atom. The lowest BCUT2D eigenvalue weighted by molar-refractivity contribution is 0.380. The average Bonchev–Trinajstić information content (AvgIpc) is 3.16. The third kappa shape index (κ3) is 5.78. The van der Waals surface area contributed by atoms with Crippen LogP contribution in [0.2, 0.25) is 0 Å². The molecule has 2 rings (SSSR count). The van der Waals surface area contributed by atoms with Gasteiger partial charge in [-0.3, -0.25) is 4.55 Å². The monoisotopic (exact) mass is 334 g/mol. The van der Waals surface area contributed by atoms with Crippen molar-refractivity contribution in [2.75, 3.05) is 0 Å². The molecule has 2 atom stereocenters. The smallest absolute Gasteiger partial charge is 0.295 e. The number of ether oxygens (including phenoxy) is 1. The van der Waals surface area contributed by atoms with E-state index in [1.807, 2.05) is 19.1 Å². The lowest BCUT2D eigenvalue weighted by Crippen LogP contribution is -2.00. The Morgan fingerprint density at radius 3 is 2.61 bits per heavy atom. The van der Waals surface area contributed by atoms with E-state index in [2.05, 4.69) is 19.1 Å². The summed E-state index contributed by atoms with van der Waals surface area (Å²) in [5.41, 5.74) is 1.41. The topological polar surface area (TPSA) is 66.9 Å². The molecule has 0 saturated carbocycles. The summed E-state index contributed by atoms with van der Waals surface area (Å²) in [5.74, 6) is 0. The molecule has 0 aromatic heterocycles. The number of aryl methyl sites for hydroxylation is 1. The van der Waals surface area contributed by atoms with Gasteiger partial charge < -0.3 is 4.74 Å². The maximum Gasteiger partial charge on any atom is 0.295 e. The van der Waals surface area contributed by atoms with E-state index in [0.717, 1.165) is 18.4 Å². The van der Waals surface area contributed by atoms with Crippen LogP contribution in [0.5, 0.6) is 0 Å². The van der Waals surface area contributed by atoms with E-state index in [-0.39, 0.29) is 4.90 Å². The molecule has 1 aromatic carbocycles. The quantitative estimate of drug-likeness (QED) is 0.355. The first-order chi connectivity index (χ1) is 10.9. The normalized spacial score (nSPS) is 21.7. The van der Waals surface area contributed by atoms with Gasteiger partial charge in [-0.2, -0.15) is 8.42 Å². The molecule has 1 saturated heterocycles.